The number of amides is 1. The number of pyridine rings is 1. The Morgan fingerprint density at radius 3 is 2.67 bits per heavy atom. The van der Waals surface area contributed by atoms with E-state index in [0.717, 1.165) is 6.42 Å². The molecule has 2 aromatic rings. The summed E-state index contributed by atoms with van der Waals surface area (Å²) in [6, 6.07) is 3.92. The largest absolute Gasteiger partial charge is 0.468 e. The first-order valence-corrected chi connectivity index (χ1v) is 8.31. The fourth-order valence-corrected chi connectivity index (χ4v) is 2.05. The Balaban J connectivity index is 1.96. The molecule has 7 nitrogen and oxygen atoms in total. The van der Waals surface area contributed by atoms with Gasteiger partial charge < -0.3 is 15.4 Å². The molecule has 2 rings (SSSR count). The van der Waals surface area contributed by atoms with Crippen molar-refractivity contribution in [3.63, 3.8) is 0 Å². The van der Waals surface area contributed by atoms with Crippen LogP contribution in [0.1, 0.15) is 42.4 Å². The molecule has 0 aliphatic rings. The van der Waals surface area contributed by atoms with E-state index in [0.29, 0.717) is 18.1 Å². The third kappa shape index (κ3) is 6.72. The number of rotatable bonds is 8. The van der Waals surface area contributed by atoms with Crippen molar-refractivity contribution >= 4 is 11.9 Å². The summed E-state index contributed by atoms with van der Waals surface area (Å²) in [6.45, 7) is 3.00. The van der Waals surface area contributed by atoms with E-state index < -0.39 is 24.7 Å². The molecule has 146 valence electrons. The minimum absolute atomic E-state index is 0.142. The van der Waals surface area contributed by atoms with Crippen LogP contribution in [0.5, 0.6) is 5.88 Å². The highest BCUT2D eigenvalue weighted by molar-refractivity contribution is 5.92. The molecular formula is C17H20F3N5O2. The van der Waals surface area contributed by atoms with Gasteiger partial charge in [-0.05, 0) is 25.0 Å². The first kappa shape index (κ1) is 20.4. The monoisotopic (exact) mass is 383 g/mol. The molecule has 1 atom stereocenters. The molecule has 0 radical (unpaired) electrons. The van der Waals surface area contributed by atoms with E-state index in [2.05, 4.69) is 30.3 Å². The van der Waals surface area contributed by atoms with Crippen molar-refractivity contribution in [1.29, 1.82) is 0 Å². The summed E-state index contributed by atoms with van der Waals surface area (Å²) in [5.74, 6) is -0.177. The average Bonchev–Trinajstić information content (AvgIpc) is 2.64. The van der Waals surface area contributed by atoms with Gasteiger partial charge in [0.25, 0.3) is 5.91 Å². The first-order chi connectivity index (χ1) is 12.8. The Morgan fingerprint density at radius 1 is 1.26 bits per heavy atom. The van der Waals surface area contributed by atoms with Crippen molar-refractivity contribution in [1.82, 2.24) is 20.3 Å². The minimum Gasteiger partial charge on any atom is -0.468 e. The van der Waals surface area contributed by atoms with Gasteiger partial charge in [0.15, 0.2) is 6.61 Å². The third-order valence-electron chi connectivity index (χ3n) is 3.41. The third-order valence-corrected chi connectivity index (χ3v) is 3.41. The summed E-state index contributed by atoms with van der Waals surface area (Å²) >= 11 is 0. The Hall–Kier alpha value is -2.91. The van der Waals surface area contributed by atoms with Crippen molar-refractivity contribution in [3.8, 4) is 5.88 Å². The Morgan fingerprint density at radius 2 is 2.04 bits per heavy atom. The van der Waals surface area contributed by atoms with E-state index in [9.17, 15) is 18.0 Å². The highest BCUT2D eigenvalue weighted by atomic mass is 19.4. The summed E-state index contributed by atoms with van der Waals surface area (Å²) < 4.78 is 41.0. The summed E-state index contributed by atoms with van der Waals surface area (Å²) in [5, 5.41) is 5.75. The number of nitrogens with one attached hydrogen (secondary N) is 2. The van der Waals surface area contributed by atoms with Gasteiger partial charge in [0.1, 0.15) is 5.69 Å². The molecule has 0 spiro atoms. The number of hydrogen-bond donors (Lipinski definition) is 2. The smallest absolute Gasteiger partial charge is 0.422 e. The highest BCUT2D eigenvalue weighted by Gasteiger charge is 2.28. The van der Waals surface area contributed by atoms with Gasteiger partial charge in [0.2, 0.25) is 11.8 Å². The number of anilines is 1. The number of alkyl halides is 3. The molecule has 1 unspecified atom stereocenters. The molecule has 2 aromatic heterocycles. The maximum Gasteiger partial charge on any atom is 0.422 e. The molecular weight excluding hydrogens is 363 g/mol. The molecule has 2 heterocycles. The molecule has 27 heavy (non-hydrogen) atoms. The molecule has 0 aliphatic heterocycles. The standard InChI is InChI=1S/C17H20F3N5O2/c1-3-7-21-16-22-8-6-13(25-16)15(26)24-11(2)12-4-5-14(23-9-12)27-10-17(18,19)20/h4-6,8-9,11H,3,7,10H2,1-2H3,(H,24,26)(H,21,22,25). The molecule has 0 aromatic carbocycles. The van der Waals surface area contributed by atoms with Gasteiger partial charge in [-0.15, -0.1) is 0 Å². The lowest BCUT2D eigenvalue weighted by molar-refractivity contribution is -0.154. The zero-order valence-electron chi connectivity index (χ0n) is 14.9. The lowest BCUT2D eigenvalue weighted by Crippen LogP contribution is -2.28. The van der Waals surface area contributed by atoms with E-state index >= 15 is 0 Å². The molecule has 0 saturated heterocycles. The molecule has 2 N–H and O–H groups in total. The Labute approximate surface area is 154 Å². The second-order valence-electron chi connectivity index (χ2n) is 5.72. The van der Waals surface area contributed by atoms with Crippen molar-refractivity contribution in [2.24, 2.45) is 0 Å². The molecule has 10 heteroatoms. The van der Waals surface area contributed by atoms with E-state index in [1.165, 1.54) is 30.6 Å². The summed E-state index contributed by atoms with van der Waals surface area (Å²) in [7, 11) is 0. The van der Waals surface area contributed by atoms with Gasteiger partial charge in [-0.3, -0.25) is 4.79 Å². The summed E-state index contributed by atoms with van der Waals surface area (Å²) in [5.41, 5.74) is 0.814. The number of carbonyl (C=O) groups excluding carboxylic acids is 1. The second-order valence-corrected chi connectivity index (χ2v) is 5.72. The van der Waals surface area contributed by atoms with Gasteiger partial charge in [0, 0.05) is 25.0 Å². The van der Waals surface area contributed by atoms with Crippen LogP contribution in [0.3, 0.4) is 0 Å². The molecule has 0 aliphatic carbocycles. The van der Waals surface area contributed by atoms with Crippen LogP contribution in [0.2, 0.25) is 0 Å². The SMILES string of the molecule is CCCNc1nccc(C(=O)NC(C)c2ccc(OCC(F)(F)F)nc2)n1. The topological polar surface area (TPSA) is 89.0 Å². The molecule has 0 bridgehead atoms. The lowest BCUT2D eigenvalue weighted by atomic mass is 10.1. The summed E-state index contributed by atoms with van der Waals surface area (Å²) in [6.07, 6.45) is -0.694. The second kappa shape index (κ2) is 9.15. The lowest BCUT2D eigenvalue weighted by Gasteiger charge is -2.15. The van der Waals surface area contributed by atoms with Gasteiger partial charge in [0.05, 0.1) is 6.04 Å². The van der Waals surface area contributed by atoms with Crippen LogP contribution < -0.4 is 15.4 Å². The maximum absolute atomic E-state index is 12.3. The number of carbonyl (C=O) groups is 1. The molecule has 0 fully saturated rings. The van der Waals surface area contributed by atoms with E-state index in [1.54, 1.807) is 6.92 Å². The van der Waals surface area contributed by atoms with Gasteiger partial charge in [-0.2, -0.15) is 13.2 Å². The van der Waals surface area contributed by atoms with Gasteiger partial charge >= 0.3 is 6.18 Å². The van der Waals surface area contributed by atoms with Crippen molar-refractivity contribution in [3.05, 3.63) is 41.9 Å². The number of halogens is 3. The van der Waals surface area contributed by atoms with Crippen LogP contribution in [0.15, 0.2) is 30.6 Å². The number of hydrogen-bond acceptors (Lipinski definition) is 6. The van der Waals surface area contributed by atoms with Crippen molar-refractivity contribution in [2.45, 2.75) is 32.5 Å². The van der Waals surface area contributed by atoms with Gasteiger partial charge in [-0.1, -0.05) is 13.0 Å². The van der Waals surface area contributed by atoms with Crippen LogP contribution in [-0.2, 0) is 0 Å². The van der Waals surface area contributed by atoms with E-state index in [4.69, 9.17) is 0 Å². The zero-order chi connectivity index (χ0) is 19.9. The van der Waals surface area contributed by atoms with Crippen LogP contribution >= 0.6 is 0 Å². The van der Waals surface area contributed by atoms with Crippen LogP contribution in [-0.4, -0.2) is 40.2 Å². The quantitative estimate of drug-likeness (QED) is 0.728. The maximum atomic E-state index is 12.3. The van der Waals surface area contributed by atoms with Crippen LogP contribution in [0.4, 0.5) is 19.1 Å². The normalized spacial score (nSPS) is 12.3. The zero-order valence-corrected chi connectivity index (χ0v) is 14.9. The highest BCUT2D eigenvalue weighted by Crippen LogP contribution is 2.19. The summed E-state index contributed by atoms with van der Waals surface area (Å²) in [4.78, 5) is 24.3. The number of ether oxygens (including phenoxy) is 1. The van der Waals surface area contributed by atoms with Crippen molar-refractivity contribution < 1.29 is 22.7 Å². The van der Waals surface area contributed by atoms with E-state index in [1.807, 2.05) is 6.92 Å². The molecule has 1 amide bonds. The number of nitrogens with zero attached hydrogens (tertiary/aromatic N) is 3. The predicted molar refractivity (Wildman–Crippen MR) is 92.5 cm³/mol. The van der Waals surface area contributed by atoms with Gasteiger partial charge in [-0.25, -0.2) is 15.0 Å². The molecule has 0 saturated carbocycles. The Bertz CT molecular complexity index is 753. The Kier molecular flexibility index (Phi) is 6.91. The van der Waals surface area contributed by atoms with Crippen molar-refractivity contribution in [2.75, 3.05) is 18.5 Å². The predicted octanol–water partition coefficient (Wildman–Crippen LogP) is 3.13. The van der Waals surface area contributed by atoms with E-state index in [-0.39, 0.29) is 11.6 Å². The average molecular weight is 383 g/mol. The first-order valence-electron chi connectivity index (χ1n) is 8.31. The minimum atomic E-state index is -4.43. The van der Waals surface area contributed by atoms with Crippen LogP contribution in [0, 0.1) is 0 Å². The fourth-order valence-electron chi connectivity index (χ4n) is 2.05. The van der Waals surface area contributed by atoms with Crippen LogP contribution in [0.25, 0.3) is 0 Å². The number of aromatic nitrogens is 3. The fraction of sp³-hybridized carbons (Fsp3) is 0.412.